The summed E-state index contributed by atoms with van der Waals surface area (Å²) in [5.74, 6) is -0.323. The van der Waals surface area contributed by atoms with E-state index in [-0.39, 0.29) is 16.8 Å². The van der Waals surface area contributed by atoms with Crippen LogP contribution in [0.5, 0.6) is 0 Å². The molecule has 0 aliphatic rings. The second-order valence-electron chi connectivity index (χ2n) is 5.18. The fourth-order valence-electron chi connectivity index (χ4n) is 1.94. The van der Waals surface area contributed by atoms with Crippen molar-refractivity contribution in [2.24, 2.45) is 0 Å². The summed E-state index contributed by atoms with van der Waals surface area (Å²) in [6.07, 6.45) is 1.77. The number of nitrogens with one attached hydrogen (secondary N) is 3. The third-order valence-corrected chi connectivity index (χ3v) is 4.56. The smallest absolute Gasteiger partial charge is 0.251 e. The van der Waals surface area contributed by atoms with Gasteiger partial charge in [0.2, 0.25) is 10.0 Å². The molecule has 118 valence electrons. The van der Waals surface area contributed by atoms with Gasteiger partial charge in [0.05, 0.1) is 11.4 Å². The number of sulfonamides is 1. The van der Waals surface area contributed by atoms with E-state index in [4.69, 9.17) is 0 Å². The molecular weight excluding hydrogens is 302 g/mol. The maximum absolute atomic E-state index is 12.1. The summed E-state index contributed by atoms with van der Waals surface area (Å²) < 4.78 is 26.7. The molecule has 0 atom stereocenters. The second-order valence-corrected chi connectivity index (χ2v) is 6.90. The quantitative estimate of drug-likeness (QED) is 0.755. The van der Waals surface area contributed by atoms with Crippen LogP contribution in [0.25, 0.3) is 0 Å². The maximum atomic E-state index is 12.1. The predicted octanol–water partition coefficient (Wildman–Crippen LogP) is 1.63. The van der Waals surface area contributed by atoms with Gasteiger partial charge in [-0.3, -0.25) is 4.79 Å². The molecule has 22 heavy (non-hydrogen) atoms. The van der Waals surface area contributed by atoms with Crippen LogP contribution in [0.3, 0.4) is 0 Å². The molecule has 0 bridgehead atoms. The van der Waals surface area contributed by atoms with Gasteiger partial charge in [-0.05, 0) is 44.2 Å². The number of aromatic amines is 1. The third-order valence-electron chi connectivity index (χ3n) is 2.90. The van der Waals surface area contributed by atoms with Crippen molar-refractivity contribution in [2.75, 3.05) is 0 Å². The van der Waals surface area contributed by atoms with Crippen molar-refractivity contribution in [3.8, 4) is 0 Å². The molecule has 0 saturated heterocycles. The van der Waals surface area contributed by atoms with E-state index in [0.717, 1.165) is 5.69 Å². The van der Waals surface area contributed by atoms with Crippen molar-refractivity contribution in [1.29, 1.82) is 0 Å². The molecule has 0 aliphatic heterocycles. The summed E-state index contributed by atoms with van der Waals surface area (Å²) in [5.41, 5.74) is 1.18. The molecule has 3 N–H and O–H groups in total. The molecule has 0 spiro atoms. The van der Waals surface area contributed by atoms with Gasteiger partial charge in [-0.2, -0.15) is 0 Å². The summed E-state index contributed by atoms with van der Waals surface area (Å²) in [4.78, 5) is 15.2. The highest BCUT2D eigenvalue weighted by Crippen LogP contribution is 2.12. The van der Waals surface area contributed by atoms with Crippen LogP contribution in [0.1, 0.15) is 29.9 Å². The molecule has 1 aromatic heterocycles. The zero-order valence-electron chi connectivity index (χ0n) is 12.5. The number of aromatic nitrogens is 1. The number of rotatable bonds is 6. The average molecular weight is 321 g/mol. The highest BCUT2D eigenvalue weighted by Gasteiger charge is 2.17. The molecule has 0 fully saturated rings. The summed E-state index contributed by atoms with van der Waals surface area (Å²) in [5, 5.41) is 2.74. The molecule has 0 aliphatic carbocycles. The van der Waals surface area contributed by atoms with Gasteiger partial charge in [0.1, 0.15) is 0 Å². The molecule has 0 saturated carbocycles. The van der Waals surface area contributed by atoms with Gasteiger partial charge >= 0.3 is 0 Å². The maximum Gasteiger partial charge on any atom is 0.251 e. The number of amides is 1. The van der Waals surface area contributed by atoms with Crippen molar-refractivity contribution in [1.82, 2.24) is 15.0 Å². The highest BCUT2D eigenvalue weighted by molar-refractivity contribution is 7.89. The molecular formula is C15H19N3O3S. The Morgan fingerprint density at radius 3 is 2.64 bits per heavy atom. The molecule has 1 amide bonds. The van der Waals surface area contributed by atoms with Crippen LogP contribution in [-0.4, -0.2) is 25.4 Å². The fraction of sp³-hybridized carbons (Fsp3) is 0.267. The van der Waals surface area contributed by atoms with Crippen LogP contribution in [0, 0.1) is 0 Å². The largest absolute Gasteiger partial charge is 0.364 e. The van der Waals surface area contributed by atoms with Gasteiger partial charge in [0.15, 0.2) is 0 Å². The lowest BCUT2D eigenvalue weighted by molar-refractivity contribution is 0.0950. The van der Waals surface area contributed by atoms with Crippen LogP contribution in [0.4, 0.5) is 0 Å². The molecule has 6 nitrogen and oxygen atoms in total. The molecule has 1 aromatic carbocycles. The standard InChI is InChI=1S/C15H19N3O3S/c1-11(2)18-22(20,21)14-7-3-5-12(9-14)15(19)17-10-13-6-4-8-16-13/h3-9,11,16,18H,10H2,1-2H3,(H,17,19). The summed E-state index contributed by atoms with van der Waals surface area (Å²) in [6.45, 7) is 3.84. The monoisotopic (exact) mass is 321 g/mol. The molecule has 1 heterocycles. The average Bonchev–Trinajstić information content (AvgIpc) is 2.97. The Balaban J connectivity index is 2.12. The predicted molar refractivity (Wildman–Crippen MR) is 83.9 cm³/mol. The first-order valence-electron chi connectivity index (χ1n) is 6.91. The van der Waals surface area contributed by atoms with Crippen LogP contribution < -0.4 is 10.0 Å². The van der Waals surface area contributed by atoms with Crippen molar-refractivity contribution in [3.05, 3.63) is 53.9 Å². The van der Waals surface area contributed by atoms with Crippen molar-refractivity contribution >= 4 is 15.9 Å². The Hall–Kier alpha value is -2.12. The van der Waals surface area contributed by atoms with Crippen molar-refractivity contribution in [3.63, 3.8) is 0 Å². The fourth-order valence-corrected chi connectivity index (χ4v) is 3.23. The van der Waals surface area contributed by atoms with E-state index in [1.165, 1.54) is 12.1 Å². The second kappa shape index (κ2) is 6.76. The van der Waals surface area contributed by atoms with Gasteiger partial charge in [-0.15, -0.1) is 0 Å². The lowest BCUT2D eigenvalue weighted by Crippen LogP contribution is -2.30. The van der Waals surface area contributed by atoms with Crippen molar-refractivity contribution in [2.45, 2.75) is 31.3 Å². The van der Waals surface area contributed by atoms with Crippen molar-refractivity contribution < 1.29 is 13.2 Å². The molecule has 2 aromatic rings. The van der Waals surface area contributed by atoms with Gasteiger partial charge in [0.25, 0.3) is 5.91 Å². The Morgan fingerprint density at radius 2 is 2.00 bits per heavy atom. The van der Waals surface area contributed by atoms with E-state index in [9.17, 15) is 13.2 Å². The van der Waals surface area contributed by atoms with Crippen LogP contribution in [0.15, 0.2) is 47.5 Å². The minimum absolute atomic E-state index is 0.0775. The van der Waals surface area contributed by atoms with E-state index in [1.807, 2.05) is 12.1 Å². The lowest BCUT2D eigenvalue weighted by atomic mass is 10.2. The van der Waals surface area contributed by atoms with Gasteiger partial charge in [-0.1, -0.05) is 6.07 Å². The molecule has 0 unspecified atom stereocenters. The molecule has 0 radical (unpaired) electrons. The van der Waals surface area contributed by atoms with Crippen LogP contribution in [0.2, 0.25) is 0 Å². The van der Waals surface area contributed by atoms with E-state index in [0.29, 0.717) is 12.1 Å². The summed E-state index contributed by atoms with van der Waals surface area (Å²) in [6, 6.07) is 9.45. The Morgan fingerprint density at radius 1 is 1.23 bits per heavy atom. The summed E-state index contributed by atoms with van der Waals surface area (Å²) in [7, 11) is -3.61. The van der Waals surface area contributed by atoms with E-state index in [2.05, 4.69) is 15.0 Å². The number of benzene rings is 1. The third kappa shape index (κ3) is 4.19. The molecule has 2 rings (SSSR count). The minimum atomic E-state index is -3.61. The van der Waals surface area contributed by atoms with E-state index < -0.39 is 10.0 Å². The number of carbonyl (C=O) groups is 1. The first kappa shape index (κ1) is 16.3. The van der Waals surface area contributed by atoms with Crippen LogP contribution >= 0.6 is 0 Å². The number of hydrogen-bond acceptors (Lipinski definition) is 3. The number of H-pyrrole nitrogens is 1. The molecule has 7 heteroatoms. The number of carbonyl (C=O) groups excluding carboxylic acids is 1. The Labute approximate surface area is 130 Å². The lowest BCUT2D eigenvalue weighted by Gasteiger charge is -2.10. The highest BCUT2D eigenvalue weighted by atomic mass is 32.2. The van der Waals surface area contributed by atoms with E-state index in [1.54, 1.807) is 32.2 Å². The summed E-state index contributed by atoms with van der Waals surface area (Å²) >= 11 is 0. The van der Waals surface area contributed by atoms with Gasteiger partial charge in [-0.25, -0.2) is 13.1 Å². The SMILES string of the molecule is CC(C)NS(=O)(=O)c1cccc(C(=O)NCc2ccc[nH]2)c1. The zero-order chi connectivity index (χ0) is 16.2. The number of hydrogen-bond donors (Lipinski definition) is 3. The Kier molecular flexibility index (Phi) is 4.99. The zero-order valence-corrected chi connectivity index (χ0v) is 13.3. The van der Waals surface area contributed by atoms with Gasteiger partial charge < -0.3 is 10.3 Å². The first-order chi connectivity index (χ1) is 10.4. The van der Waals surface area contributed by atoms with Crippen LogP contribution in [-0.2, 0) is 16.6 Å². The van der Waals surface area contributed by atoms with Gasteiger partial charge in [0, 0.05) is 23.5 Å². The Bertz CT molecular complexity index is 737. The van der Waals surface area contributed by atoms with E-state index >= 15 is 0 Å². The first-order valence-corrected chi connectivity index (χ1v) is 8.39. The normalized spacial score (nSPS) is 11.6. The minimum Gasteiger partial charge on any atom is -0.364 e. The topological polar surface area (TPSA) is 91.1 Å².